The van der Waals surface area contributed by atoms with Gasteiger partial charge in [-0.2, -0.15) is 8.78 Å². The second-order valence-corrected chi connectivity index (χ2v) is 24.7. The second kappa shape index (κ2) is 24.7. The lowest BCUT2D eigenvalue weighted by Crippen LogP contribution is -2.62. The van der Waals surface area contributed by atoms with Gasteiger partial charge in [0, 0.05) is 66.5 Å². The maximum absolute atomic E-state index is 14.6. The summed E-state index contributed by atoms with van der Waals surface area (Å²) in [5.74, 6) is 2.30. The van der Waals surface area contributed by atoms with Gasteiger partial charge >= 0.3 is 19.4 Å². The van der Waals surface area contributed by atoms with Crippen LogP contribution in [-0.2, 0) is 50.3 Å². The van der Waals surface area contributed by atoms with E-state index in [0.717, 1.165) is 54.7 Å². The SMILES string of the molecule is CN1CC[C@H]2CC[C@@H](C(=O)N[C@@H](COC(N)=O)C(=O)N[C@H](C(=O)N3CCC(CCC#Cc4cccc5c4CN(C4CCC(=O)NC4=O)C5=O)CC3)C3CCCCC3)N2C(=O)[C@@H](NC(=O)c2cc3cc(C(F)(F)P(=O)(O)O)ccc3s2)C1. The summed E-state index contributed by atoms with van der Waals surface area (Å²) in [6.07, 6.45) is 6.98. The normalized spacial score (nSPS) is 23.0. The molecule has 5 fully saturated rings. The minimum atomic E-state index is -5.87. The number of piperidine rings is 2. The van der Waals surface area contributed by atoms with Gasteiger partial charge in [0.1, 0.15) is 36.8 Å². The monoisotopic (exact) mass is 1160 g/mol. The topological polar surface area (TPSA) is 307 Å². The second-order valence-electron chi connectivity index (χ2n) is 21.9. The maximum atomic E-state index is 14.6. The average molecular weight is 1160 g/mol. The highest BCUT2D eigenvalue weighted by atomic mass is 32.1. The molecule has 22 nitrogen and oxygen atoms in total. The number of fused-ring (bicyclic) bond motifs is 3. The van der Waals surface area contributed by atoms with Crippen LogP contribution in [0.5, 0.6) is 0 Å². The first-order valence-corrected chi connectivity index (χ1v) is 29.9. The molecule has 6 aliphatic rings. The maximum Gasteiger partial charge on any atom is 0.404 e. The molecule has 1 aromatic heterocycles. The van der Waals surface area contributed by atoms with Crippen LogP contribution >= 0.6 is 18.9 Å². The van der Waals surface area contributed by atoms with Crippen LogP contribution < -0.4 is 27.0 Å². The Morgan fingerprint density at radius 1 is 0.938 bits per heavy atom. The smallest absolute Gasteiger partial charge is 0.404 e. The van der Waals surface area contributed by atoms with Crippen LogP contribution in [0.15, 0.2) is 42.5 Å². The number of thiophene rings is 1. The number of ether oxygens (including phenoxy) is 1. The van der Waals surface area contributed by atoms with Gasteiger partial charge < -0.3 is 55.8 Å². The van der Waals surface area contributed by atoms with Crippen LogP contribution in [-0.4, -0.2) is 159 Å². The predicted molar refractivity (Wildman–Crippen MR) is 289 cm³/mol. The lowest BCUT2D eigenvalue weighted by molar-refractivity contribution is -0.144. The highest BCUT2D eigenvalue weighted by Crippen LogP contribution is 2.59. The van der Waals surface area contributed by atoms with Crippen LogP contribution in [0, 0.1) is 23.7 Å². The van der Waals surface area contributed by atoms with Gasteiger partial charge in [-0.1, -0.05) is 43.2 Å². The van der Waals surface area contributed by atoms with E-state index in [1.807, 2.05) is 11.0 Å². The molecule has 1 saturated carbocycles. The molecule has 4 saturated heterocycles. The van der Waals surface area contributed by atoms with Crippen molar-refractivity contribution in [3.8, 4) is 11.8 Å². The van der Waals surface area contributed by atoms with E-state index < -0.39 is 97.3 Å². The molecule has 8 N–H and O–H groups in total. The van der Waals surface area contributed by atoms with Crippen molar-refractivity contribution in [2.75, 3.05) is 39.8 Å². The molecule has 5 aliphatic heterocycles. The van der Waals surface area contributed by atoms with Crippen molar-refractivity contribution in [2.24, 2.45) is 17.6 Å². The Morgan fingerprint density at radius 2 is 1.69 bits per heavy atom. The number of hydrogen-bond acceptors (Lipinski definition) is 13. The van der Waals surface area contributed by atoms with Gasteiger partial charge in [-0.15, -0.1) is 11.3 Å². The number of primary amides is 1. The van der Waals surface area contributed by atoms with Crippen molar-refractivity contribution < 1.29 is 71.0 Å². The van der Waals surface area contributed by atoms with Gasteiger partial charge in [-0.05, 0) is 124 Å². The van der Waals surface area contributed by atoms with Crippen molar-refractivity contribution in [2.45, 2.75) is 138 Å². The summed E-state index contributed by atoms with van der Waals surface area (Å²) in [5, 5.41) is 10.8. The third-order valence-electron chi connectivity index (χ3n) is 16.6. The zero-order valence-electron chi connectivity index (χ0n) is 44.7. The highest BCUT2D eigenvalue weighted by molar-refractivity contribution is 7.52. The molecule has 26 heteroatoms. The van der Waals surface area contributed by atoms with Crippen LogP contribution in [0.3, 0.4) is 0 Å². The molecular weight excluding hydrogens is 1100 g/mol. The standard InChI is InChI=1S/C55H66F2N9O13PS/c1-63-23-22-36-15-16-42(66(36)52(73)39(29-63)59-50(71)44-27-34-26-35(14-18-43(34)81-44)55(56,57)80(76,77)78)49(70)60-40(30-79-54(58)75)47(68)62-46(33-10-3-2-4-11-33)53(74)64-24-20-31(21-25-64)8-5-6-9-32-12-7-13-37-38(32)28-65(51(37)72)41-17-19-45(67)61-48(41)69/h7,12-14,18,26-27,31,33,36,39-42,46H,2-5,8,10-11,15-17,19-25,28-30H2,1H3,(H2,58,75)(H,59,71)(H,60,70)(H,62,68)(H,61,67,69)(H2,76,77,78)/t36-,39+,40+,41?,42+,46+/m1/s1. The molecule has 6 atom stereocenters. The number of imide groups is 1. The fourth-order valence-corrected chi connectivity index (χ4v) is 13.6. The van der Waals surface area contributed by atoms with Crippen LogP contribution in [0.4, 0.5) is 13.6 Å². The third kappa shape index (κ3) is 13.1. The Kier molecular flexibility index (Phi) is 17.9. The number of halogens is 2. The summed E-state index contributed by atoms with van der Waals surface area (Å²) >= 11 is 0.919. The zero-order valence-corrected chi connectivity index (χ0v) is 46.4. The molecule has 6 heterocycles. The Balaban J connectivity index is 0.825. The Labute approximate surface area is 469 Å². The summed E-state index contributed by atoms with van der Waals surface area (Å²) in [7, 11) is -4.10. The fourth-order valence-electron chi connectivity index (χ4n) is 12.1. The number of hydrogen-bond donors (Lipinski definition) is 7. The van der Waals surface area contributed by atoms with Crippen molar-refractivity contribution in [1.82, 2.24) is 40.9 Å². The van der Waals surface area contributed by atoms with E-state index in [4.69, 9.17) is 10.5 Å². The number of carbonyl (C=O) groups excluding carboxylic acids is 9. The quantitative estimate of drug-likeness (QED) is 0.0652. The van der Waals surface area contributed by atoms with E-state index in [1.165, 1.54) is 21.9 Å². The predicted octanol–water partition coefficient (Wildman–Crippen LogP) is 3.40. The molecule has 0 radical (unpaired) electrons. The van der Waals surface area contributed by atoms with Gasteiger partial charge in [-0.25, -0.2) is 4.79 Å². The molecule has 434 valence electrons. The minimum absolute atomic E-state index is 0.0276. The fraction of sp³-hybridized carbons (Fsp3) is 0.545. The van der Waals surface area contributed by atoms with Crippen molar-refractivity contribution >= 4 is 82.4 Å². The molecule has 3 aromatic rings. The first-order chi connectivity index (χ1) is 38.6. The molecule has 2 aromatic carbocycles. The van der Waals surface area contributed by atoms with Crippen LogP contribution in [0.25, 0.3) is 10.1 Å². The molecule has 0 spiro atoms. The lowest BCUT2D eigenvalue weighted by atomic mass is 9.82. The average Bonchev–Trinajstić information content (AvgIpc) is 4.26. The lowest BCUT2D eigenvalue weighted by Gasteiger charge is -2.38. The van der Waals surface area contributed by atoms with Gasteiger partial charge in [0.25, 0.3) is 11.8 Å². The number of carbonyl (C=O) groups is 9. The number of nitrogens with zero attached hydrogens (tertiary/aromatic N) is 4. The number of rotatable bonds is 15. The minimum Gasteiger partial charge on any atom is -0.447 e. The van der Waals surface area contributed by atoms with Gasteiger partial charge in [0.2, 0.25) is 35.4 Å². The number of alkyl halides is 2. The Bertz CT molecular complexity index is 3110. The number of amides is 9. The summed E-state index contributed by atoms with van der Waals surface area (Å²) in [4.78, 5) is 146. The molecule has 1 aliphatic carbocycles. The Morgan fingerprint density at radius 3 is 2.41 bits per heavy atom. The highest BCUT2D eigenvalue weighted by Gasteiger charge is 2.51. The van der Waals surface area contributed by atoms with Crippen molar-refractivity contribution in [1.29, 1.82) is 0 Å². The number of likely N-dealkylation sites (tertiary alicyclic amines) is 1. The first-order valence-electron chi connectivity index (χ1n) is 27.4. The van der Waals surface area contributed by atoms with Crippen LogP contribution in [0.1, 0.15) is 127 Å². The first kappa shape index (κ1) is 58.8. The molecule has 0 bridgehead atoms. The molecule has 81 heavy (non-hydrogen) atoms. The zero-order chi connectivity index (χ0) is 57.9. The van der Waals surface area contributed by atoms with Gasteiger partial charge in [0.15, 0.2) is 0 Å². The number of nitrogens with two attached hydrogens (primary N) is 1. The molecule has 9 rings (SSSR count). The van der Waals surface area contributed by atoms with E-state index in [-0.39, 0.29) is 72.2 Å². The van der Waals surface area contributed by atoms with Crippen molar-refractivity contribution in [3.05, 3.63) is 69.6 Å². The number of nitrogens with one attached hydrogen (secondary N) is 4. The van der Waals surface area contributed by atoms with E-state index in [2.05, 4.69) is 33.1 Å². The van der Waals surface area contributed by atoms with Crippen LogP contribution in [0.2, 0.25) is 0 Å². The summed E-state index contributed by atoms with van der Waals surface area (Å²) in [6.45, 7) is 0.918. The van der Waals surface area contributed by atoms with E-state index >= 15 is 0 Å². The van der Waals surface area contributed by atoms with Gasteiger partial charge in [0.05, 0.1) is 4.88 Å². The summed E-state index contributed by atoms with van der Waals surface area (Å²) < 4.78 is 46.1. The third-order valence-corrected chi connectivity index (χ3v) is 18.7. The largest absolute Gasteiger partial charge is 0.447 e. The van der Waals surface area contributed by atoms with E-state index in [1.54, 1.807) is 24.1 Å². The summed E-state index contributed by atoms with van der Waals surface area (Å²) in [6, 6.07) is 3.59. The molecular formula is C55H66F2N9O13PS. The van der Waals surface area contributed by atoms with Crippen molar-refractivity contribution in [3.63, 3.8) is 0 Å². The molecule has 1 unspecified atom stereocenters. The molecule has 9 amide bonds. The van der Waals surface area contributed by atoms with Gasteiger partial charge in [-0.3, -0.25) is 48.2 Å². The van der Waals surface area contributed by atoms with E-state index in [0.29, 0.717) is 80.4 Å². The summed E-state index contributed by atoms with van der Waals surface area (Å²) in [5.41, 5.74) is 1.87. The number of likely N-dealkylation sites (N-methyl/N-ethyl adjacent to an activating group) is 1. The number of benzene rings is 2. The van der Waals surface area contributed by atoms with E-state index in [9.17, 15) is 66.3 Å². The Hall–Kier alpha value is -6.84.